The van der Waals surface area contributed by atoms with Crippen molar-refractivity contribution in [3.63, 3.8) is 0 Å². The van der Waals surface area contributed by atoms with Crippen LogP contribution in [0.1, 0.15) is 28.3 Å². The number of aliphatic hydroxyl groups excluding tert-OH is 2. The van der Waals surface area contributed by atoms with E-state index in [1.165, 1.54) is 12.4 Å². The van der Waals surface area contributed by atoms with E-state index in [-0.39, 0.29) is 11.8 Å². The Bertz CT molecular complexity index is 636. The van der Waals surface area contributed by atoms with Gasteiger partial charge < -0.3 is 15.5 Å². The van der Waals surface area contributed by atoms with E-state index in [1.54, 1.807) is 24.5 Å². The number of carbonyl (C=O) groups excluding carboxylic acids is 1. The van der Waals surface area contributed by atoms with Crippen LogP contribution < -0.4 is 5.32 Å². The Morgan fingerprint density at radius 1 is 1.05 bits per heavy atom. The van der Waals surface area contributed by atoms with Crippen LogP contribution in [0.5, 0.6) is 0 Å². The summed E-state index contributed by atoms with van der Waals surface area (Å²) < 4.78 is 0. The number of pyridine rings is 2. The molecular weight excluding hydrogens is 282 g/mol. The van der Waals surface area contributed by atoms with Crippen molar-refractivity contribution in [2.75, 3.05) is 0 Å². The second-order valence-corrected chi connectivity index (χ2v) is 5.42. The van der Waals surface area contributed by atoms with Gasteiger partial charge in [-0.1, -0.05) is 0 Å². The lowest BCUT2D eigenvalue weighted by Crippen LogP contribution is -2.45. The third-order valence-electron chi connectivity index (χ3n) is 4.07. The molecule has 3 rings (SSSR count). The second-order valence-electron chi connectivity index (χ2n) is 5.42. The number of hydrogen-bond donors (Lipinski definition) is 3. The van der Waals surface area contributed by atoms with Crippen LogP contribution in [-0.4, -0.2) is 44.3 Å². The van der Waals surface area contributed by atoms with Gasteiger partial charge in [0.25, 0.3) is 5.91 Å². The molecule has 6 heteroatoms. The minimum atomic E-state index is -0.996. The number of aromatic nitrogens is 2. The molecule has 0 saturated heterocycles. The molecule has 1 saturated carbocycles. The van der Waals surface area contributed by atoms with E-state index in [9.17, 15) is 15.0 Å². The lowest BCUT2D eigenvalue weighted by atomic mass is 9.94. The van der Waals surface area contributed by atoms with Crippen molar-refractivity contribution in [1.29, 1.82) is 0 Å². The number of carbonyl (C=O) groups is 1. The predicted octanol–water partition coefficient (Wildman–Crippen LogP) is 0.484. The summed E-state index contributed by atoms with van der Waals surface area (Å²) in [6, 6.07) is 6.34. The van der Waals surface area contributed by atoms with Gasteiger partial charge >= 0.3 is 0 Å². The first-order valence-corrected chi connectivity index (χ1v) is 7.14. The summed E-state index contributed by atoms with van der Waals surface area (Å²) in [6.07, 6.45) is 4.93. The van der Waals surface area contributed by atoms with Crippen molar-refractivity contribution in [1.82, 2.24) is 15.3 Å². The lowest BCUT2D eigenvalue weighted by molar-refractivity contribution is 0.0294. The summed E-state index contributed by atoms with van der Waals surface area (Å²) >= 11 is 0. The van der Waals surface area contributed by atoms with Crippen LogP contribution in [-0.2, 0) is 0 Å². The molecule has 2 aromatic heterocycles. The van der Waals surface area contributed by atoms with Gasteiger partial charge in [0.2, 0.25) is 0 Å². The molecule has 1 aliphatic rings. The molecule has 3 N–H and O–H groups in total. The van der Waals surface area contributed by atoms with Crippen LogP contribution in [0, 0.1) is 0 Å². The van der Waals surface area contributed by atoms with E-state index in [0.29, 0.717) is 12.0 Å². The van der Waals surface area contributed by atoms with E-state index < -0.39 is 18.2 Å². The Morgan fingerprint density at radius 2 is 1.64 bits per heavy atom. The standard InChI is InChI=1S/C16H17N3O3/c20-13-9-12(10-1-5-17-6-2-10)14(15(13)21)19-16(22)11-3-7-18-8-4-11/h1-8,12-15,20-21H,9H2,(H,19,22). The molecular formula is C16H17N3O3. The second kappa shape index (κ2) is 6.21. The maximum atomic E-state index is 12.3. The summed E-state index contributed by atoms with van der Waals surface area (Å²) in [7, 11) is 0. The van der Waals surface area contributed by atoms with Gasteiger partial charge in [0.05, 0.1) is 12.1 Å². The molecule has 0 aromatic carbocycles. The molecule has 114 valence electrons. The first kappa shape index (κ1) is 14.6. The smallest absolute Gasteiger partial charge is 0.251 e. The molecule has 22 heavy (non-hydrogen) atoms. The Labute approximate surface area is 127 Å². The van der Waals surface area contributed by atoms with Crippen molar-refractivity contribution in [2.45, 2.75) is 30.6 Å². The largest absolute Gasteiger partial charge is 0.390 e. The summed E-state index contributed by atoms with van der Waals surface area (Å²) in [5, 5.41) is 23.0. The van der Waals surface area contributed by atoms with Crippen LogP contribution in [0.4, 0.5) is 0 Å². The minimum Gasteiger partial charge on any atom is -0.390 e. The topological polar surface area (TPSA) is 95.3 Å². The van der Waals surface area contributed by atoms with E-state index >= 15 is 0 Å². The molecule has 0 bridgehead atoms. The zero-order chi connectivity index (χ0) is 15.5. The summed E-state index contributed by atoms with van der Waals surface area (Å²) in [4.78, 5) is 20.1. The average molecular weight is 299 g/mol. The normalized spacial score (nSPS) is 27.5. The van der Waals surface area contributed by atoms with Crippen molar-refractivity contribution in [2.24, 2.45) is 0 Å². The van der Waals surface area contributed by atoms with E-state index in [1.807, 2.05) is 12.1 Å². The van der Waals surface area contributed by atoms with Crippen molar-refractivity contribution in [3.8, 4) is 0 Å². The first-order valence-electron chi connectivity index (χ1n) is 7.14. The fourth-order valence-electron chi connectivity index (χ4n) is 2.90. The number of amides is 1. The number of hydrogen-bond acceptors (Lipinski definition) is 5. The molecule has 0 spiro atoms. The van der Waals surface area contributed by atoms with Crippen LogP contribution in [0.2, 0.25) is 0 Å². The molecule has 1 amide bonds. The Morgan fingerprint density at radius 3 is 2.27 bits per heavy atom. The van der Waals surface area contributed by atoms with Crippen molar-refractivity contribution in [3.05, 3.63) is 60.2 Å². The number of nitrogens with one attached hydrogen (secondary N) is 1. The Balaban J connectivity index is 1.82. The molecule has 0 aliphatic heterocycles. The minimum absolute atomic E-state index is 0.154. The molecule has 0 radical (unpaired) electrons. The zero-order valence-corrected chi connectivity index (χ0v) is 11.8. The van der Waals surface area contributed by atoms with Gasteiger partial charge in [-0.3, -0.25) is 14.8 Å². The van der Waals surface area contributed by atoms with Gasteiger partial charge in [0.1, 0.15) is 6.10 Å². The fourth-order valence-corrected chi connectivity index (χ4v) is 2.90. The molecule has 1 fully saturated rings. The number of rotatable bonds is 3. The Kier molecular flexibility index (Phi) is 4.13. The van der Waals surface area contributed by atoms with Crippen LogP contribution in [0.15, 0.2) is 49.1 Å². The van der Waals surface area contributed by atoms with Gasteiger partial charge in [-0.25, -0.2) is 0 Å². The first-order chi connectivity index (χ1) is 10.7. The maximum absolute atomic E-state index is 12.3. The lowest BCUT2D eigenvalue weighted by Gasteiger charge is -2.23. The number of nitrogens with zero attached hydrogens (tertiary/aromatic N) is 2. The van der Waals surface area contributed by atoms with Crippen LogP contribution in [0.25, 0.3) is 0 Å². The van der Waals surface area contributed by atoms with Crippen molar-refractivity contribution < 1.29 is 15.0 Å². The Hall–Kier alpha value is -2.31. The highest BCUT2D eigenvalue weighted by Crippen LogP contribution is 2.35. The van der Waals surface area contributed by atoms with Gasteiger partial charge in [0, 0.05) is 36.3 Å². The van der Waals surface area contributed by atoms with Crippen LogP contribution in [0.3, 0.4) is 0 Å². The molecule has 1 aliphatic carbocycles. The maximum Gasteiger partial charge on any atom is 0.251 e. The average Bonchev–Trinajstić information content (AvgIpc) is 2.85. The highest BCUT2D eigenvalue weighted by molar-refractivity contribution is 5.94. The molecule has 2 heterocycles. The summed E-state index contributed by atoms with van der Waals surface area (Å²) in [5.74, 6) is -0.446. The predicted molar refractivity (Wildman–Crippen MR) is 79.1 cm³/mol. The van der Waals surface area contributed by atoms with Gasteiger partial charge in [-0.05, 0) is 36.2 Å². The third kappa shape index (κ3) is 2.84. The monoisotopic (exact) mass is 299 g/mol. The summed E-state index contributed by atoms with van der Waals surface area (Å²) in [5.41, 5.74) is 1.41. The molecule has 2 aromatic rings. The fraction of sp³-hybridized carbons (Fsp3) is 0.312. The molecule has 4 unspecified atom stereocenters. The highest BCUT2D eigenvalue weighted by Gasteiger charge is 2.43. The van der Waals surface area contributed by atoms with Crippen LogP contribution >= 0.6 is 0 Å². The van der Waals surface area contributed by atoms with E-state index in [4.69, 9.17) is 0 Å². The molecule has 4 atom stereocenters. The van der Waals surface area contributed by atoms with Crippen molar-refractivity contribution >= 4 is 5.91 Å². The quantitative estimate of drug-likeness (QED) is 0.766. The SMILES string of the molecule is O=C(NC1C(c2ccncc2)CC(O)C1O)c1ccncc1. The summed E-state index contributed by atoms with van der Waals surface area (Å²) in [6.45, 7) is 0. The van der Waals surface area contributed by atoms with E-state index in [2.05, 4.69) is 15.3 Å². The highest BCUT2D eigenvalue weighted by atomic mass is 16.3. The van der Waals surface area contributed by atoms with E-state index in [0.717, 1.165) is 5.56 Å². The molecule has 6 nitrogen and oxygen atoms in total. The zero-order valence-electron chi connectivity index (χ0n) is 11.8. The van der Waals surface area contributed by atoms with Gasteiger partial charge in [0.15, 0.2) is 0 Å². The van der Waals surface area contributed by atoms with Gasteiger partial charge in [-0.15, -0.1) is 0 Å². The van der Waals surface area contributed by atoms with Gasteiger partial charge in [-0.2, -0.15) is 0 Å². The third-order valence-corrected chi connectivity index (χ3v) is 4.07. The number of aliphatic hydroxyl groups is 2.